The van der Waals surface area contributed by atoms with Crippen molar-refractivity contribution < 1.29 is 15.9 Å². The first-order valence-corrected chi connectivity index (χ1v) is 23.8. The molecule has 3 heteroatoms. The second-order valence-corrected chi connectivity index (χ2v) is 35.0. The van der Waals surface area contributed by atoms with E-state index in [1.165, 1.54) is 48.7 Å². The van der Waals surface area contributed by atoms with Crippen molar-refractivity contribution in [2.75, 3.05) is 0 Å². The third-order valence-corrected chi connectivity index (χ3v) is 29.8. The molecular formula is C34H46Cl2Zr. The van der Waals surface area contributed by atoms with Gasteiger partial charge >= 0.3 is 236 Å². The van der Waals surface area contributed by atoms with E-state index in [0.29, 0.717) is 0 Å². The number of halogens is 2. The first-order chi connectivity index (χ1) is 16.7. The molecule has 2 aliphatic rings. The number of hydrogen-bond donors (Lipinski definition) is 0. The first kappa shape index (κ1) is 29.2. The van der Waals surface area contributed by atoms with Crippen LogP contribution in [0, 0.1) is 11.3 Å². The quantitative estimate of drug-likeness (QED) is 0.269. The molecule has 0 N–H and O–H groups in total. The van der Waals surface area contributed by atoms with E-state index >= 15 is 0 Å². The molecule has 4 rings (SSSR count). The Labute approximate surface area is 234 Å². The number of benzene rings is 2. The number of allylic oxidation sites excluding steroid dienone is 4. The van der Waals surface area contributed by atoms with E-state index < -0.39 is 15.9 Å². The van der Waals surface area contributed by atoms with E-state index in [0.717, 1.165) is 6.42 Å². The molecule has 2 aliphatic carbocycles. The van der Waals surface area contributed by atoms with Crippen LogP contribution >= 0.6 is 17.0 Å². The molecule has 0 aromatic heterocycles. The maximum absolute atomic E-state index is 8.25. The van der Waals surface area contributed by atoms with Crippen LogP contribution in [0.1, 0.15) is 105 Å². The van der Waals surface area contributed by atoms with E-state index in [2.05, 4.69) is 126 Å². The molecule has 0 heterocycles. The Hall–Kier alpha value is -0.747. The van der Waals surface area contributed by atoms with Crippen molar-refractivity contribution in [1.82, 2.24) is 0 Å². The van der Waals surface area contributed by atoms with Gasteiger partial charge in [-0.2, -0.15) is 0 Å². The Morgan fingerprint density at radius 2 is 1.41 bits per heavy atom. The Kier molecular flexibility index (Phi) is 7.02. The summed E-state index contributed by atoms with van der Waals surface area (Å²) in [6.45, 7) is 27.3. The minimum absolute atomic E-state index is 0.0552. The van der Waals surface area contributed by atoms with Gasteiger partial charge in [0.05, 0.1) is 0 Å². The monoisotopic (exact) mass is 614 g/mol. The van der Waals surface area contributed by atoms with Gasteiger partial charge in [0.1, 0.15) is 0 Å². The summed E-state index contributed by atoms with van der Waals surface area (Å²) in [4.78, 5) is 0. The second-order valence-electron chi connectivity index (χ2n) is 14.8. The SMILES string of the molecule is C[C](C)=[Zr]([Cl])([Cl])([C]1=CC(C(C)(C)C)=CC1C)[c]1c(C(C)(C)C)ccc2c1Cc1cc(C(C)(C)C)ccc1-2. The molecule has 1 unspecified atom stereocenters. The third-order valence-electron chi connectivity index (χ3n) is 8.67. The van der Waals surface area contributed by atoms with Crippen molar-refractivity contribution in [2.45, 2.75) is 100 Å². The topological polar surface area (TPSA) is 0 Å². The van der Waals surface area contributed by atoms with Crippen molar-refractivity contribution in [1.29, 1.82) is 0 Å². The summed E-state index contributed by atoms with van der Waals surface area (Å²) in [6.07, 6.45) is 5.68. The summed E-state index contributed by atoms with van der Waals surface area (Å²) in [7, 11) is 16.5. The summed E-state index contributed by atoms with van der Waals surface area (Å²) in [5.74, 6) is 0.227. The van der Waals surface area contributed by atoms with Crippen LogP contribution in [0.3, 0.4) is 0 Å². The van der Waals surface area contributed by atoms with Crippen LogP contribution in [0.2, 0.25) is 0 Å². The van der Waals surface area contributed by atoms with Crippen molar-refractivity contribution >= 4 is 23.5 Å². The zero-order valence-corrected chi connectivity index (χ0v) is 29.1. The van der Waals surface area contributed by atoms with Crippen molar-refractivity contribution in [3.63, 3.8) is 0 Å². The van der Waals surface area contributed by atoms with E-state index in [1.807, 2.05) is 0 Å². The van der Waals surface area contributed by atoms with Crippen molar-refractivity contribution in [2.24, 2.45) is 11.3 Å². The molecular weight excluding hydrogens is 571 g/mol. The van der Waals surface area contributed by atoms with Crippen LogP contribution in [0.25, 0.3) is 11.1 Å². The normalized spacial score (nSPS) is 18.4. The summed E-state index contributed by atoms with van der Waals surface area (Å²) >= 11 is -4.93. The van der Waals surface area contributed by atoms with E-state index in [-0.39, 0.29) is 22.2 Å². The van der Waals surface area contributed by atoms with Crippen LogP contribution in [0.4, 0.5) is 0 Å². The Morgan fingerprint density at radius 3 is 1.89 bits per heavy atom. The van der Waals surface area contributed by atoms with Gasteiger partial charge in [0.15, 0.2) is 0 Å². The molecule has 0 nitrogen and oxygen atoms in total. The number of hydrogen-bond acceptors (Lipinski definition) is 0. The molecule has 0 radical (unpaired) electrons. The molecule has 0 aliphatic heterocycles. The van der Waals surface area contributed by atoms with Gasteiger partial charge in [0.2, 0.25) is 0 Å². The van der Waals surface area contributed by atoms with Gasteiger partial charge in [0, 0.05) is 0 Å². The number of fused-ring (bicyclic) bond motifs is 3. The van der Waals surface area contributed by atoms with Crippen LogP contribution in [-0.2, 0) is 33.2 Å². The average molecular weight is 617 g/mol. The average Bonchev–Trinajstić information content (AvgIpc) is 3.32. The molecule has 0 amide bonds. The molecule has 200 valence electrons. The Bertz CT molecular complexity index is 1420. The van der Waals surface area contributed by atoms with Gasteiger partial charge in [-0.3, -0.25) is 0 Å². The van der Waals surface area contributed by atoms with E-state index in [9.17, 15) is 0 Å². The standard InChI is InChI=1S/C21H25.C10H15.C3H6.2ClH.Zr/c1-20(2,3)16-7-9-18-14(12-16)11-15-13-17(21(4,5)6)8-10-19(15)18;1-8-5-6-9(7-8)10(2,3)4;1-3-2;;;/h7-10,12H,11H2,1-6H3;6-8H,1-4H3;1-2H3;2*1H;/q;;;;;+2/p-2. The third kappa shape index (κ3) is 4.68. The van der Waals surface area contributed by atoms with Gasteiger partial charge in [-0.05, 0) is 0 Å². The summed E-state index contributed by atoms with van der Waals surface area (Å²) in [5, 5.41) is 0. The molecule has 2 aromatic carbocycles. The maximum atomic E-state index is 8.25. The minimum atomic E-state index is -4.93. The zero-order valence-electron chi connectivity index (χ0n) is 25.1. The number of rotatable bonds is 2. The summed E-state index contributed by atoms with van der Waals surface area (Å²) in [5.41, 5.74) is 9.54. The summed E-state index contributed by atoms with van der Waals surface area (Å²) in [6, 6.07) is 11.7. The Balaban J connectivity index is 2.10. The van der Waals surface area contributed by atoms with Crippen LogP contribution < -0.4 is 3.27 Å². The van der Waals surface area contributed by atoms with Crippen LogP contribution in [0.15, 0.2) is 51.3 Å². The van der Waals surface area contributed by atoms with Crippen molar-refractivity contribution in [3.05, 3.63) is 73.6 Å². The van der Waals surface area contributed by atoms with Gasteiger partial charge in [-0.15, -0.1) is 0 Å². The van der Waals surface area contributed by atoms with Crippen molar-refractivity contribution in [3.8, 4) is 11.1 Å². The second kappa shape index (κ2) is 8.88. The van der Waals surface area contributed by atoms with E-state index in [1.54, 1.807) is 0 Å². The van der Waals surface area contributed by atoms with Gasteiger partial charge < -0.3 is 0 Å². The fourth-order valence-electron chi connectivity index (χ4n) is 6.25. The van der Waals surface area contributed by atoms with Gasteiger partial charge in [-0.25, -0.2) is 0 Å². The molecule has 0 bridgehead atoms. The van der Waals surface area contributed by atoms with E-state index in [4.69, 9.17) is 17.0 Å². The zero-order chi connectivity index (χ0) is 28.0. The summed E-state index contributed by atoms with van der Waals surface area (Å²) < 4.78 is 3.77. The molecule has 0 spiro atoms. The van der Waals surface area contributed by atoms with Gasteiger partial charge in [-0.1, -0.05) is 0 Å². The molecule has 0 saturated carbocycles. The molecule has 0 fully saturated rings. The molecule has 1 atom stereocenters. The predicted octanol–water partition coefficient (Wildman–Crippen LogP) is 10.2. The first-order valence-electron chi connectivity index (χ1n) is 13.8. The molecule has 0 saturated heterocycles. The molecule has 2 aromatic rings. The fraction of sp³-hybridized carbons (Fsp3) is 0.500. The van der Waals surface area contributed by atoms with Gasteiger partial charge in [0.25, 0.3) is 0 Å². The predicted molar refractivity (Wildman–Crippen MR) is 165 cm³/mol. The molecule has 37 heavy (non-hydrogen) atoms. The fourth-order valence-corrected chi connectivity index (χ4v) is 22.2. The van der Waals surface area contributed by atoms with Crippen LogP contribution in [0.5, 0.6) is 0 Å². The Morgan fingerprint density at radius 1 is 0.811 bits per heavy atom. The van der Waals surface area contributed by atoms with Crippen LogP contribution in [-0.4, -0.2) is 3.21 Å².